The molecule has 4 nitrogen and oxygen atoms in total. The van der Waals surface area contributed by atoms with Crippen molar-refractivity contribution in [3.8, 4) is 0 Å². The summed E-state index contributed by atoms with van der Waals surface area (Å²) in [5.41, 5.74) is 0.718. The predicted octanol–water partition coefficient (Wildman–Crippen LogP) is 4.80. The van der Waals surface area contributed by atoms with E-state index in [2.05, 4.69) is 0 Å². The SMILES string of the molecule is O=C(/C=C/c1ccc(Cl)cc1)c1ccc(Cl)c([N+](=O)[O-])c1. The van der Waals surface area contributed by atoms with E-state index in [0.29, 0.717) is 5.02 Å². The van der Waals surface area contributed by atoms with Crippen LogP contribution in [0.2, 0.25) is 10.0 Å². The first-order valence-electron chi connectivity index (χ1n) is 5.89. The molecule has 0 N–H and O–H groups in total. The van der Waals surface area contributed by atoms with Gasteiger partial charge in [0.2, 0.25) is 0 Å². The largest absolute Gasteiger partial charge is 0.289 e. The highest BCUT2D eigenvalue weighted by Crippen LogP contribution is 2.25. The normalized spacial score (nSPS) is 10.8. The molecule has 21 heavy (non-hydrogen) atoms. The van der Waals surface area contributed by atoms with Crippen LogP contribution in [0.25, 0.3) is 6.08 Å². The minimum atomic E-state index is -0.623. The number of rotatable bonds is 4. The fourth-order valence-corrected chi connectivity index (χ4v) is 1.96. The van der Waals surface area contributed by atoms with E-state index in [1.807, 2.05) is 0 Å². The average Bonchev–Trinajstić information content (AvgIpc) is 2.46. The van der Waals surface area contributed by atoms with Crippen LogP contribution in [0.1, 0.15) is 15.9 Å². The molecular weight excluding hydrogens is 313 g/mol. The number of nitrogens with zero attached hydrogens (tertiary/aromatic N) is 1. The predicted molar refractivity (Wildman–Crippen MR) is 82.9 cm³/mol. The van der Waals surface area contributed by atoms with E-state index >= 15 is 0 Å². The Balaban J connectivity index is 2.22. The lowest BCUT2D eigenvalue weighted by Crippen LogP contribution is -1.97. The van der Waals surface area contributed by atoms with Crippen molar-refractivity contribution < 1.29 is 9.72 Å². The summed E-state index contributed by atoms with van der Waals surface area (Å²) in [6, 6.07) is 10.9. The molecule has 0 heterocycles. The fourth-order valence-electron chi connectivity index (χ4n) is 1.65. The summed E-state index contributed by atoms with van der Waals surface area (Å²) >= 11 is 11.5. The quantitative estimate of drug-likeness (QED) is 0.352. The van der Waals surface area contributed by atoms with Crippen LogP contribution in [0.15, 0.2) is 48.5 Å². The second-order valence-corrected chi connectivity index (χ2v) is 5.02. The number of carbonyl (C=O) groups is 1. The van der Waals surface area contributed by atoms with E-state index < -0.39 is 4.92 Å². The van der Waals surface area contributed by atoms with Gasteiger partial charge in [0.15, 0.2) is 5.78 Å². The van der Waals surface area contributed by atoms with Crippen LogP contribution < -0.4 is 0 Å². The summed E-state index contributed by atoms with van der Waals surface area (Å²) in [5.74, 6) is -0.343. The van der Waals surface area contributed by atoms with Crippen molar-refractivity contribution in [3.63, 3.8) is 0 Å². The molecule has 0 saturated carbocycles. The van der Waals surface area contributed by atoms with Crippen LogP contribution in [0, 0.1) is 10.1 Å². The number of carbonyl (C=O) groups excluding carboxylic acids is 1. The van der Waals surface area contributed by atoms with Crippen LogP contribution in [0.3, 0.4) is 0 Å². The number of benzene rings is 2. The van der Waals surface area contributed by atoms with Gasteiger partial charge in [0.1, 0.15) is 5.02 Å². The van der Waals surface area contributed by atoms with Gasteiger partial charge in [0.25, 0.3) is 5.69 Å². The topological polar surface area (TPSA) is 60.2 Å². The molecule has 0 aliphatic carbocycles. The monoisotopic (exact) mass is 321 g/mol. The molecular formula is C15H9Cl2NO3. The zero-order valence-corrected chi connectivity index (χ0v) is 12.1. The molecule has 0 fully saturated rings. The maximum Gasteiger partial charge on any atom is 0.288 e. The van der Waals surface area contributed by atoms with E-state index in [0.717, 1.165) is 11.6 Å². The fraction of sp³-hybridized carbons (Fsp3) is 0. The van der Waals surface area contributed by atoms with Gasteiger partial charge in [-0.2, -0.15) is 0 Å². The maximum absolute atomic E-state index is 12.0. The third-order valence-corrected chi connectivity index (χ3v) is 3.30. The highest BCUT2D eigenvalue weighted by atomic mass is 35.5. The standard InChI is InChI=1S/C15H9Cl2NO3/c16-12-5-1-10(2-6-12)3-8-15(19)11-4-7-13(17)14(9-11)18(20)21/h1-9H/b8-3+. The molecule has 0 saturated heterocycles. The molecule has 0 amide bonds. The molecule has 2 aromatic carbocycles. The Kier molecular flexibility index (Phi) is 4.73. The highest BCUT2D eigenvalue weighted by molar-refractivity contribution is 6.32. The lowest BCUT2D eigenvalue weighted by atomic mass is 10.1. The number of nitro groups is 1. The van der Waals surface area contributed by atoms with Crippen LogP contribution >= 0.6 is 23.2 Å². The molecule has 0 aromatic heterocycles. The summed E-state index contributed by atoms with van der Waals surface area (Å²) < 4.78 is 0. The molecule has 106 valence electrons. The van der Waals surface area contributed by atoms with Crippen molar-refractivity contribution >= 4 is 40.7 Å². The van der Waals surface area contributed by atoms with Gasteiger partial charge in [-0.15, -0.1) is 0 Å². The Morgan fingerprint density at radius 3 is 2.38 bits per heavy atom. The van der Waals surface area contributed by atoms with Crippen molar-refractivity contribution in [2.45, 2.75) is 0 Å². The molecule has 0 atom stereocenters. The number of allylic oxidation sites excluding steroid dienone is 1. The van der Waals surface area contributed by atoms with Gasteiger partial charge < -0.3 is 0 Å². The van der Waals surface area contributed by atoms with Crippen molar-refractivity contribution in [2.75, 3.05) is 0 Å². The number of hydrogen-bond acceptors (Lipinski definition) is 3. The van der Waals surface area contributed by atoms with Gasteiger partial charge in [-0.3, -0.25) is 14.9 Å². The Bertz CT molecular complexity index is 724. The first kappa shape index (κ1) is 15.2. The molecule has 0 unspecified atom stereocenters. The molecule has 0 aliphatic heterocycles. The first-order valence-corrected chi connectivity index (χ1v) is 6.65. The minimum absolute atomic E-state index is 0.00164. The van der Waals surface area contributed by atoms with E-state index in [4.69, 9.17) is 23.2 Å². The van der Waals surface area contributed by atoms with Gasteiger partial charge >= 0.3 is 0 Å². The second kappa shape index (κ2) is 6.52. The summed E-state index contributed by atoms with van der Waals surface area (Å²) in [5, 5.41) is 11.4. The molecule has 2 rings (SSSR count). The van der Waals surface area contributed by atoms with Crippen molar-refractivity contribution in [1.82, 2.24) is 0 Å². The number of ketones is 1. The molecule has 6 heteroatoms. The lowest BCUT2D eigenvalue weighted by Gasteiger charge is -1.99. The van der Waals surface area contributed by atoms with Crippen LogP contribution in [0.4, 0.5) is 5.69 Å². The smallest absolute Gasteiger partial charge is 0.288 e. The average molecular weight is 322 g/mol. The van der Waals surface area contributed by atoms with E-state index in [1.165, 1.54) is 18.2 Å². The zero-order chi connectivity index (χ0) is 15.4. The Morgan fingerprint density at radius 1 is 1.10 bits per heavy atom. The van der Waals surface area contributed by atoms with E-state index in [-0.39, 0.29) is 22.1 Å². The van der Waals surface area contributed by atoms with Gasteiger partial charge in [-0.1, -0.05) is 41.4 Å². The van der Waals surface area contributed by atoms with Crippen molar-refractivity contribution in [3.05, 3.63) is 79.8 Å². The highest BCUT2D eigenvalue weighted by Gasteiger charge is 2.14. The van der Waals surface area contributed by atoms with Crippen molar-refractivity contribution in [1.29, 1.82) is 0 Å². The lowest BCUT2D eigenvalue weighted by molar-refractivity contribution is -0.384. The number of hydrogen-bond donors (Lipinski definition) is 0. The molecule has 0 bridgehead atoms. The number of nitro benzene ring substituents is 1. The van der Waals surface area contributed by atoms with Crippen LogP contribution in [-0.2, 0) is 0 Å². The number of halogens is 2. The van der Waals surface area contributed by atoms with Crippen molar-refractivity contribution in [2.24, 2.45) is 0 Å². The van der Waals surface area contributed by atoms with Gasteiger partial charge in [-0.25, -0.2) is 0 Å². The van der Waals surface area contributed by atoms with Crippen LogP contribution in [-0.4, -0.2) is 10.7 Å². The summed E-state index contributed by atoms with van der Waals surface area (Å²) in [4.78, 5) is 22.2. The molecule has 2 aromatic rings. The summed E-state index contributed by atoms with van der Waals surface area (Å²) in [7, 11) is 0. The minimum Gasteiger partial charge on any atom is -0.289 e. The maximum atomic E-state index is 12.0. The first-order chi connectivity index (χ1) is 9.97. The Labute approximate surface area is 130 Å². The second-order valence-electron chi connectivity index (χ2n) is 4.17. The van der Waals surface area contributed by atoms with E-state index in [9.17, 15) is 14.9 Å². The summed E-state index contributed by atoms with van der Waals surface area (Å²) in [6.45, 7) is 0. The van der Waals surface area contributed by atoms with E-state index in [1.54, 1.807) is 30.3 Å². The van der Waals surface area contributed by atoms with Gasteiger partial charge in [-0.05, 0) is 35.9 Å². The Hall–Kier alpha value is -2.17. The zero-order valence-electron chi connectivity index (χ0n) is 10.6. The molecule has 0 aliphatic rings. The van der Waals surface area contributed by atoms with Gasteiger partial charge in [0.05, 0.1) is 4.92 Å². The van der Waals surface area contributed by atoms with Gasteiger partial charge in [0, 0.05) is 16.7 Å². The summed E-state index contributed by atoms with van der Waals surface area (Å²) in [6.07, 6.45) is 2.95. The molecule has 0 radical (unpaired) electrons. The Morgan fingerprint density at radius 2 is 1.76 bits per heavy atom. The third-order valence-electron chi connectivity index (χ3n) is 2.72. The molecule has 0 spiro atoms. The third kappa shape index (κ3) is 3.90. The van der Waals surface area contributed by atoms with Crippen LogP contribution in [0.5, 0.6) is 0 Å².